The van der Waals surface area contributed by atoms with Crippen LogP contribution in [0.2, 0.25) is 0 Å². The van der Waals surface area contributed by atoms with Gasteiger partial charge < -0.3 is 30.3 Å². The molecular formula is C44H35N5O6. The van der Waals surface area contributed by atoms with E-state index in [1.807, 2.05) is 85.8 Å². The summed E-state index contributed by atoms with van der Waals surface area (Å²) in [6, 6.07) is 33.5. The molecule has 0 fully saturated rings. The summed E-state index contributed by atoms with van der Waals surface area (Å²) in [5.74, 6) is -0.667. The van der Waals surface area contributed by atoms with Gasteiger partial charge in [0.05, 0.1) is 42.2 Å². The molecule has 4 aromatic carbocycles. The first-order valence-electron chi connectivity index (χ1n) is 17.6. The molecule has 0 spiro atoms. The number of nitrogens with two attached hydrogens (primary N) is 1. The Bertz CT molecular complexity index is 2850. The summed E-state index contributed by atoms with van der Waals surface area (Å²) in [6.07, 6.45) is 0. The standard InChI is InChI=1S/C44H35N5O6/c1-24-8-4-5-11-27(24)38-28-16-18-32(45)30(22-46-33-12-6-9-25-14-19-35(43(51)53-2)48-39(25)33)41(28)55-42-29(38)17-21-37(50)31(42)23-47-34-13-7-10-26-15-20-36(44(52)54-3)49-40(26)34/h4-21,46-47H,22-23,45H2,1-3H3. The van der Waals surface area contributed by atoms with Crippen LogP contribution in [0.3, 0.4) is 0 Å². The highest BCUT2D eigenvalue weighted by Crippen LogP contribution is 2.44. The number of aromatic nitrogens is 2. The van der Waals surface area contributed by atoms with Crippen LogP contribution in [0.5, 0.6) is 0 Å². The van der Waals surface area contributed by atoms with E-state index < -0.39 is 11.9 Å². The SMILES string of the molecule is COC(=O)c1ccc2cccc(NCc3c4oc5c(CNc6cccc7ccc(C(=O)OC)nc67)c(N)ccc5c(-c5ccccc5C)c-4ccc3=O)c2n1. The summed E-state index contributed by atoms with van der Waals surface area (Å²) >= 11 is 0. The summed E-state index contributed by atoms with van der Waals surface area (Å²) in [5, 5.41) is 9.34. The zero-order chi connectivity index (χ0) is 38.2. The Morgan fingerprint density at radius 2 is 1.27 bits per heavy atom. The minimum Gasteiger partial charge on any atom is -0.464 e. The Balaban J connectivity index is 1.27. The summed E-state index contributed by atoms with van der Waals surface area (Å²) in [6.45, 7) is 2.39. The number of fused-ring (bicyclic) bond motifs is 4. The lowest BCUT2D eigenvalue weighted by atomic mass is 9.88. The second-order valence-electron chi connectivity index (χ2n) is 13.1. The highest BCUT2D eigenvalue weighted by molar-refractivity contribution is 6.05. The van der Waals surface area contributed by atoms with Gasteiger partial charge in [-0.25, -0.2) is 19.6 Å². The molecule has 1 aliphatic heterocycles. The molecule has 0 saturated heterocycles. The first kappa shape index (κ1) is 34.8. The number of pyridine rings is 2. The Kier molecular flexibility index (Phi) is 9.03. The molecule has 55 heavy (non-hydrogen) atoms. The van der Waals surface area contributed by atoms with Gasteiger partial charge >= 0.3 is 11.9 Å². The molecule has 2 aliphatic rings. The number of methoxy groups -OCH3 is 2. The van der Waals surface area contributed by atoms with Crippen LogP contribution in [-0.4, -0.2) is 36.1 Å². The number of nitrogens with zero attached hydrogens (tertiary/aromatic N) is 2. The summed E-state index contributed by atoms with van der Waals surface area (Å²) < 4.78 is 16.6. The summed E-state index contributed by atoms with van der Waals surface area (Å²) in [4.78, 5) is 47.6. The number of aryl methyl sites for hydroxylation is 1. The molecule has 8 rings (SSSR count). The van der Waals surface area contributed by atoms with Gasteiger partial charge in [0.2, 0.25) is 0 Å². The molecule has 3 heterocycles. The molecule has 0 radical (unpaired) electrons. The highest BCUT2D eigenvalue weighted by Gasteiger charge is 2.25. The van der Waals surface area contributed by atoms with Crippen LogP contribution in [0.15, 0.2) is 118 Å². The molecule has 11 nitrogen and oxygen atoms in total. The predicted molar refractivity (Wildman–Crippen MR) is 215 cm³/mol. The van der Waals surface area contributed by atoms with E-state index in [1.165, 1.54) is 14.2 Å². The molecule has 2 aromatic heterocycles. The maximum absolute atomic E-state index is 13.8. The van der Waals surface area contributed by atoms with Crippen LogP contribution < -0.4 is 21.8 Å². The lowest BCUT2D eigenvalue weighted by Crippen LogP contribution is -2.15. The van der Waals surface area contributed by atoms with Gasteiger partial charge in [-0.15, -0.1) is 0 Å². The van der Waals surface area contributed by atoms with Crippen LogP contribution in [0.4, 0.5) is 17.1 Å². The first-order chi connectivity index (χ1) is 26.7. The van der Waals surface area contributed by atoms with Gasteiger partial charge in [0.15, 0.2) is 5.43 Å². The number of benzene rings is 5. The van der Waals surface area contributed by atoms with Crippen LogP contribution in [0, 0.1) is 6.92 Å². The van der Waals surface area contributed by atoms with Crippen molar-refractivity contribution in [3.8, 4) is 22.5 Å². The number of anilines is 3. The van der Waals surface area contributed by atoms with Crippen molar-refractivity contribution < 1.29 is 23.5 Å². The molecule has 6 aromatic rings. The number of hydrogen-bond acceptors (Lipinski definition) is 11. The summed E-state index contributed by atoms with van der Waals surface area (Å²) in [5.41, 5.74) is 15.1. The maximum Gasteiger partial charge on any atom is 0.356 e. The fourth-order valence-corrected chi connectivity index (χ4v) is 7.00. The lowest BCUT2D eigenvalue weighted by Gasteiger charge is -2.21. The smallest absolute Gasteiger partial charge is 0.356 e. The Labute approximate surface area is 315 Å². The predicted octanol–water partition coefficient (Wildman–Crippen LogP) is 8.35. The van der Waals surface area contributed by atoms with Gasteiger partial charge in [-0.2, -0.15) is 0 Å². The number of carbonyl (C=O) groups is 2. The van der Waals surface area contributed by atoms with Gasteiger partial charge in [-0.05, 0) is 66.6 Å². The molecule has 0 unspecified atom stereocenters. The third kappa shape index (κ3) is 6.31. The largest absolute Gasteiger partial charge is 0.464 e. The Morgan fingerprint density at radius 3 is 1.87 bits per heavy atom. The van der Waals surface area contributed by atoms with Crippen LogP contribution >= 0.6 is 0 Å². The second kappa shape index (κ2) is 14.3. The van der Waals surface area contributed by atoms with Gasteiger partial charge in [0.25, 0.3) is 0 Å². The molecule has 4 N–H and O–H groups in total. The molecule has 1 aliphatic carbocycles. The number of ether oxygens (including phenoxy) is 2. The number of nitrogen functional groups attached to an aromatic ring is 1. The minimum atomic E-state index is -0.547. The van der Waals surface area contributed by atoms with Crippen molar-refractivity contribution in [2.75, 3.05) is 30.6 Å². The average Bonchev–Trinajstić information content (AvgIpc) is 3.21. The van der Waals surface area contributed by atoms with Gasteiger partial charge in [-0.3, -0.25) is 4.79 Å². The Hall–Kier alpha value is -7.27. The van der Waals surface area contributed by atoms with E-state index in [2.05, 4.69) is 26.7 Å². The Morgan fingerprint density at radius 1 is 0.673 bits per heavy atom. The summed E-state index contributed by atoms with van der Waals surface area (Å²) in [7, 11) is 2.63. The highest BCUT2D eigenvalue weighted by atomic mass is 16.5. The van der Waals surface area contributed by atoms with Crippen molar-refractivity contribution >= 4 is 61.8 Å². The normalized spacial score (nSPS) is 11.3. The van der Waals surface area contributed by atoms with Crippen molar-refractivity contribution in [1.82, 2.24) is 9.97 Å². The van der Waals surface area contributed by atoms with Gasteiger partial charge in [-0.1, -0.05) is 60.7 Å². The number of para-hydroxylation sites is 2. The number of hydrogen-bond donors (Lipinski definition) is 3. The third-order valence-electron chi connectivity index (χ3n) is 9.81. The lowest BCUT2D eigenvalue weighted by molar-refractivity contribution is 0.0586. The molecule has 0 atom stereocenters. The molecule has 0 bridgehead atoms. The third-order valence-corrected chi connectivity index (χ3v) is 9.81. The van der Waals surface area contributed by atoms with E-state index in [9.17, 15) is 14.4 Å². The number of rotatable bonds is 9. The number of esters is 2. The van der Waals surface area contributed by atoms with E-state index in [0.29, 0.717) is 50.6 Å². The zero-order valence-electron chi connectivity index (χ0n) is 30.2. The molecule has 11 heteroatoms. The second-order valence-corrected chi connectivity index (χ2v) is 13.1. The van der Waals surface area contributed by atoms with Crippen LogP contribution in [0.1, 0.15) is 37.7 Å². The first-order valence-corrected chi connectivity index (χ1v) is 17.6. The topological polar surface area (TPSA) is 159 Å². The van der Waals surface area contributed by atoms with E-state index >= 15 is 0 Å². The minimum absolute atomic E-state index is 0.0989. The van der Waals surface area contributed by atoms with E-state index in [4.69, 9.17) is 19.6 Å². The average molecular weight is 730 g/mol. The molecule has 0 saturated carbocycles. The zero-order valence-corrected chi connectivity index (χ0v) is 30.2. The number of nitrogens with one attached hydrogen (secondary N) is 2. The van der Waals surface area contributed by atoms with E-state index in [0.717, 1.165) is 38.4 Å². The van der Waals surface area contributed by atoms with Gasteiger partial charge in [0.1, 0.15) is 22.7 Å². The molecule has 272 valence electrons. The van der Waals surface area contributed by atoms with Crippen LogP contribution in [0.25, 0.3) is 55.2 Å². The molecule has 0 amide bonds. The quantitative estimate of drug-likeness (QED) is 0.0745. The van der Waals surface area contributed by atoms with E-state index in [1.54, 1.807) is 24.3 Å². The van der Waals surface area contributed by atoms with Crippen molar-refractivity contribution in [3.63, 3.8) is 0 Å². The van der Waals surface area contributed by atoms with Crippen molar-refractivity contribution in [1.29, 1.82) is 0 Å². The molecular weight excluding hydrogens is 695 g/mol. The number of carbonyl (C=O) groups excluding carboxylic acids is 2. The monoisotopic (exact) mass is 729 g/mol. The fraction of sp³-hybridized carbons (Fsp3) is 0.114. The fourth-order valence-electron chi connectivity index (χ4n) is 7.00. The van der Waals surface area contributed by atoms with Crippen molar-refractivity contribution in [2.45, 2.75) is 20.0 Å². The van der Waals surface area contributed by atoms with Crippen LogP contribution in [-0.2, 0) is 22.6 Å². The van der Waals surface area contributed by atoms with Gasteiger partial charge in [0, 0.05) is 51.6 Å². The maximum atomic E-state index is 13.8. The van der Waals surface area contributed by atoms with E-state index in [-0.39, 0.29) is 29.9 Å². The van der Waals surface area contributed by atoms with Crippen molar-refractivity contribution in [2.24, 2.45) is 0 Å². The van der Waals surface area contributed by atoms with Crippen molar-refractivity contribution in [3.05, 3.63) is 147 Å².